The van der Waals surface area contributed by atoms with Gasteiger partial charge < -0.3 is 5.32 Å². The number of aliphatic imine (C=N–C) groups is 1. The zero-order valence-corrected chi connectivity index (χ0v) is 23.1. The molecular weight excluding hydrogens is 502 g/mol. The molecule has 0 fully saturated rings. The van der Waals surface area contributed by atoms with E-state index in [4.69, 9.17) is 9.98 Å². The monoisotopic (exact) mass is 533 g/mol. The van der Waals surface area contributed by atoms with E-state index in [1.165, 1.54) is 11.3 Å². The first-order chi connectivity index (χ1) is 18.0. The van der Waals surface area contributed by atoms with Crippen molar-refractivity contribution in [3.05, 3.63) is 63.9 Å². The van der Waals surface area contributed by atoms with Gasteiger partial charge in [0.15, 0.2) is 5.82 Å². The molecular formula is C27H31N7OS2. The van der Waals surface area contributed by atoms with E-state index < -0.39 is 0 Å². The highest BCUT2D eigenvalue weighted by Gasteiger charge is 2.19. The topological polar surface area (TPSA) is 88.3 Å². The molecule has 0 bridgehead atoms. The van der Waals surface area contributed by atoms with Crippen LogP contribution in [-0.4, -0.2) is 62.4 Å². The Kier molecular flexibility index (Phi) is 9.10. The number of nitrogens with zero attached hydrogens (tertiary/aromatic N) is 6. The van der Waals surface area contributed by atoms with Gasteiger partial charge in [-0.05, 0) is 50.5 Å². The first kappa shape index (κ1) is 26.6. The van der Waals surface area contributed by atoms with Crippen LogP contribution in [0, 0.1) is 0 Å². The summed E-state index contributed by atoms with van der Waals surface area (Å²) in [5.74, 6) is 0.488. The SMILES string of the molecule is C/C=C\n1ncc(-c2cc(C(=O)NCC(C)N(CC)CC)cc(-c3nccs3)n2)c1/N=C/c1cccs1. The second-order valence-electron chi connectivity index (χ2n) is 8.33. The molecule has 37 heavy (non-hydrogen) atoms. The smallest absolute Gasteiger partial charge is 0.251 e. The highest BCUT2D eigenvalue weighted by atomic mass is 32.1. The molecule has 0 aromatic carbocycles. The summed E-state index contributed by atoms with van der Waals surface area (Å²) in [7, 11) is 0. The largest absolute Gasteiger partial charge is 0.350 e. The number of thiophene rings is 1. The Morgan fingerprint density at radius 3 is 2.70 bits per heavy atom. The van der Waals surface area contributed by atoms with Crippen LogP contribution in [0.25, 0.3) is 28.2 Å². The maximum Gasteiger partial charge on any atom is 0.251 e. The van der Waals surface area contributed by atoms with Crippen molar-refractivity contribution < 1.29 is 4.79 Å². The average molecular weight is 534 g/mol. The lowest BCUT2D eigenvalue weighted by Gasteiger charge is -2.26. The standard InChI is InChI=1S/C27H31N7OS2/c1-5-11-34-25(29-17-21-9-8-12-36-21)22(18-31-34)23-14-20(15-24(32-23)27-28-10-13-37-27)26(35)30-16-19(4)33(6-2)7-3/h5,8-15,17-19H,6-7,16H2,1-4H3,(H,30,35)/b11-5-,29-17+. The van der Waals surface area contributed by atoms with Crippen LogP contribution in [0.1, 0.15) is 42.9 Å². The van der Waals surface area contributed by atoms with Gasteiger partial charge in [-0.25, -0.2) is 19.6 Å². The van der Waals surface area contributed by atoms with Crippen molar-refractivity contribution in [2.75, 3.05) is 19.6 Å². The van der Waals surface area contributed by atoms with Crippen molar-refractivity contribution in [1.82, 2.24) is 30.0 Å². The van der Waals surface area contributed by atoms with Crippen molar-refractivity contribution in [1.29, 1.82) is 0 Å². The second-order valence-corrected chi connectivity index (χ2v) is 10.2. The van der Waals surface area contributed by atoms with Gasteiger partial charge in [0, 0.05) is 47.0 Å². The number of thiazole rings is 1. The molecule has 8 nitrogen and oxygen atoms in total. The van der Waals surface area contributed by atoms with Crippen molar-refractivity contribution in [3.63, 3.8) is 0 Å². The van der Waals surface area contributed by atoms with Gasteiger partial charge in [-0.15, -0.1) is 22.7 Å². The molecule has 0 aliphatic rings. The average Bonchev–Trinajstić information content (AvgIpc) is 3.69. The van der Waals surface area contributed by atoms with E-state index in [1.54, 1.807) is 40.5 Å². The van der Waals surface area contributed by atoms with Gasteiger partial charge in [0.2, 0.25) is 0 Å². The van der Waals surface area contributed by atoms with Crippen LogP contribution in [0.2, 0.25) is 0 Å². The van der Waals surface area contributed by atoms with E-state index in [0.29, 0.717) is 29.3 Å². The minimum atomic E-state index is -0.148. The van der Waals surface area contributed by atoms with E-state index in [2.05, 4.69) is 41.1 Å². The predicted molar refractivity (Wildman–Crippen MR) is 154 cm³/mol. The van der Waals surface area contributed by atoms with Gasteiger partial charge in [0.05, 0.1) is 17.5 Å². The Bertz CT molecular complexity index is 1350. The Balaban J connectivity index is 1.73. The Labute approximate surface area is 225 Å². The van der Waals surface area contributed by atoms with Crippen molar-refractivity contribution in [2.24, 2.45) is 4.99 Å². The van der Waals surface area contributed by atoms with Gasteiger partial charge >= 0.3 is 0 Å². The van der Waals surface area contributed by atoms with Crippen LogP contribution in [0.3, 0.4) is 0 Å². The molecule has 4 heterocycles. The van der Waals surface area contributed by atoms with Crippen LogP contribution in [0.4, 0.5) is 5.82 Å². The van der Waals surface area contributed by atoms with Gasteiger partial charge in [-0.3, -0.25) is 9.69 Å². The van der Waals surface area contributed by atoms with Gasteiger partial charge in [-0.2, -0.15) is 5.10 Å². The second kappa shape index (κ2) is 12.7. The number of nitrogens with one attached hydrogen (secondary N) is 1. The zero-order valence-electron chi connectivity index (χ0n) is 21.5. The third-order valence-electron chi connectivity index (χ3n) is 5.93. The molecule has 1 amide bonds. The number of hydrogen-bond donors (Lipinski definition) is 1. The third kappa shape index (κ3) is 6.46. The van der Waals surface area contributed by atoms with Gasteiger partial charge in [0.25, 0.3) is 5.91 Å². The number of allylic oxidation sites excluding steroid dienone is 1. The third-order valence-corrected chi connectivity index (χ3v) is 7.53. The summed E-state index contributed by atoms with van der Waals surface area (Å²) in [4.78, 5) is 30.7. The van der Waals surface area contributed by atoms with E-state index in [-0.39, 0.29) is 11.9 Å². The summed E-state index contributed by atoms with van der Waals surface area (Å²) in [5.41, 5.74) is 2.51. The maximum absolute atomic E-state index is 13.3. The quantitative estimate of drug-likeness (QED) is 0.245. The number of pyridine rings is 1. The molecule has 0 aliphatic heterocycles. The summed E-state index contributed by atoms with van der Waals surface area (Å²) in [6.07, 6.45) is 9.03. The molecule has 0 aliphatic carbocycles. The molecule has 1 N–H and O–H groups in total. The number of aromatic nitrogens is 4. The molecule has 1 atom stereocenters. The molecule has 4 rings (SSSR count). The highest BCUT2D eigenvalue weighted by Crippen LogP contribution is 2.32. The number of carbonyl (C=O) groups is 1. The molecule has 4 aromatic rings. The van der Waals surface area contributed by atoms with E-state index in [1.807, 2.05) is 48.3 Å². The number of rotatable bonds is 11. The maximum atomic E-state index is 13.3. The fourth-order valence-electron chi connectivity index (χ4n) is 3.98. The molecule has 0 radical (unpaired) electrons. The van der Waals surface area contributed by atoms with Gasteiger partial charge in [0.1, 0.15) is 10.7 Å². The highest BCUT2D eigenvalue weighted by molar-refractivity contribution is 7.13. The fraction of sp³-hybridized carbons (Fsp3) is 0.296. The summed E-state index contributed by atoms with van der Waals surface area (Å²) in [6, 6.07) is 7.82. The van der Waals surface area contributed by atoms with Crippen LogP contribution in [-0.2, 0) is 0 Å². The zero-order chi connectivity index (χ0) is 26.2. The Hall–Kier alpha value is -3.47. The lowest BCUT2D eigenvalue weighted by atomic mass is 10.1. The predicted octanol–water partition coefficient (Wildman–Crippen LogP) is 5.83. The number of likely N-dealkylation sites (N-methyl/N-ethyl adjacent to an activating group) is 1. The minimum Gasteiger partial charge on any atom is -0.350 e. The number of carbonyl (C=O) groups excluding carboxylic acids is 1. The summed E-state index contributed by atoms with van der Waals surface area (Å²) in [6.45, 7) is 10.7. The minimum absolute atomic E-state index is 0.148. The van der Waals surface area contributed by atoms with Crippen molar-refractivity contribution >= 4 is 46.8 Å². The molecule has 0 spiro atoms. The molecule has 1 unspecified atom stereocenters. The lowest BCUT2D eigenvalue weighted by molar-refractivity contribution is 0.0938. The van der Waals surface area contributed by atoms with Crippen LogP contribution in [0.5, 0.6) is 0 Å². The molecule has 0 saturated carbocycles. The Morgan fingerprint density at radius 2 is 2.03 bits per heavy atom. The fourth-order valence-corrected chi connectivity index (χ4v) is 5.17. The van der Waals surface area contributed by atoms with Gasteiger partial charge in [-0.1, -0.05) is 26.0 Å². The number of hydrogen-bond acceptors (Lipinski definition) is 8. The van der Waals surface area contributed by atoms with Crippen molar-refractivity contribution in [3.8, 4) is 22.0 Å². The van der Waals surface area contributed by atoms with Crippen LogP contribution >= 0.6 is 22.7 Å². The number of amides is 1. The van der Waals surface area contributed by atoms with E-state index in [0.717, 1.165) is 28.5 Å². The Morgan fingerprint density at radius 1 is 1.22 bits per heavy atom. The lowest BCUT2D eigenvalue weighted by Crippen LogP contribution is -2.42. The molecule has 10 heteroatoms. The first-order valence-electron chi connectivity index (χ1n) is 12.3. The molecule has 4 aromatic heterocycles. The van der Waals surface area contributed by atoms with Crippen LogP contribution in [0.15, 0.2) is 58.5 Å². The molecule has 0 saturated heterocycles. The van der Waals surface area contributed by atoms with E-state index in [9.17, 15) is 4.79 Å². The van der Waals surface area contributed by atoms with Crippen molar-refractivity contribution in [2.45, 2.75) is 33.7 Å². The first-order valence-corrected chi connectivity index (χ1v) is 14.0. The normalized spacial score (nSPS) is 12.7. The molecule has 192 valence electrons. The summed E-state index contributed by atoms with van der Waals surface area (Å²) in [5, 5.41) is 12.3. The summed E-state index contributed by atoms with van der Waals surface area (Å²) >= 11 is 3.09. The van der Waals surface area contributed by atoms with E-state index >= 15 is 0 Å². The summed E-state index contributed by atoms with van der Waals surface area (Å²) < 4.78 is 1.71. The van der Waals surface area contributed by atoms with Crippen LogP contribution < -0.4 is 5.32 Å².